The second kappa shape index (κ2) is 17.8. The minimum atomic E-state index is -7.22. The second-order valence-corrected chi connectivity index (χ2v) is 13.2. The first-order valence-corrected chi connectivity index (χ1v) is 16.9. The van der Waals surface area contributed by atoms with E-state index >= 15 is 35.1 Å². The molecule has 320 valence electrons. The van der Waals surface area contributed by atoms with Crippen LogP contribution in [0.3, 0.4) is 0 Å². The van der Waals surface area contributed by atoms with Crippen molar-refractivity contribution < 1.29 is 92.7 Å². The summed E-state index contributed by atoms with van der Waals surface area (Å²) in [6.45, 7) is 14.1. The van der Waals surface area contributed by atoms with Crippen molar-refractivity contribution in [3.63, 3.8) is 0 Å². The van der Waals surface area contributed by atoms with Gasteiger partial charge in [0.15, 0.2) is 69.8 Å². The van der Waals surface area contributed by atoms with Gasteiger partial charge >= 0.3 is 0 Å². The second-order valence-electron chi connectivity index (χ2n) is 13.2. The maximum absolute atomic E-state index is 15.4. The van der Waals surface area contributed by atoms with Crippen LogP contribution in [-0.4, -0.2) is 24.3 Å². The van der Waals surface area contributed by atoms with Crippen LogP contribution in [0.25, 0.3) is 0 Å². The number of quaternary nitrogens is 1. The predicted octanol–water partition coefficient (Wildman–Crippen LogP) is 8.11. The third kappa shape index (κ3) is 7.37. The standard InChI is InChI=1S/C24BF20.C12H27N/c26-5-1(6(27)14(35)21(42)13(5)34)25(2-7(28)15(36)22(43)16(37)8(2)29,3-9(30)17(38)23(44)18(39)10(3)31)4-11(32)19(40)24(45)20(41)12(4)33;1-7-10(4)13(11(5)8-2)12(6)9-3/h;10-12H,7-9H2,1-6H3/q-1;/p+1. The predicted molar refractivity (Wildman–Crippen MR) is 169 cm³/mol. The van der Waals surface area contributed by atoms with Crippen LogP contribution in [0.1, 0.15) is 60.8 Å². The van der Waals surface area contributed by atoms with Crippen LogP contribution < -0.4 is 26.8 Å². The average molecular weight is 865 g/mol. The molecule has 0 fully saturated rings. The smallest absolute Gasteiger partial charge is 0.200 e. The van der Waals surface area contributed by atoms with E-state index in [1.54, 1.807) is 4.90 Å². The monoisotopic (exact) mass is 865 g/mol. The molecule has 22 heteroatoms. The first-order valence-electron chi connectivity index (χ1n) is 16.9. The van der Waals surface area contributed by atoms with Gasteiger partial charge in [0.05, 0.1) is 18.1 Å². The van der Waals surface area contributed by atoms with Gasteiger partial charge in [0, 0.05) is 0 Å². The Balaban J connectivity index is 0.000000594. The molecule has 0 aliphatic rings. The SMILES string of the molecule is CCC(C)[NH+](C(C)CC)C(C)CC.Fc1c(F)c(F)c([B-](c2c(F)c(F)c(F)c(F)c2F)(c2c(F)c(F)c(F)c(F)c2F)c2c(F)c(F)c(F)c(F)c2F)c(F)c1F. The Morgan fingerprint density at radius 3 is 0.517 bits per heavy atom. The van der Waals surface area contributed by atoms with E-state index in [9.17, 15) is 52.7 Å². The molecule has 0 heterocycles. The van der Waals surface area contributed by atoms with E-state index in [2.05, 4.69) is 41.5 Å². The van der Waals surface area contributed by atoms with Crippen molar-refractivity contribution in [2.45, 2.75) is 78.9 Å². The Hall–Kier alpha value is -4.50. The lowest BCUT2D eigenvalue weighted by molar-refractivity contribution is -0.968. The van der Waals surface area contributed by atoms with Crippen molar-refractivity contribution >= 4 is 28.0 Å². The van der Waals surface area contributed by atoms with E-state index in [1.807, 2.05) is 0 Å². The van der Waals surface area contributed by atoms with Crippen LogP contribution in [0.5, 0.6) is 0 Å². The highest BCUT2D eigenvalue weighted by Gasteiger charge is 2.52. The summed E-state index contributed by atoms with van der Waals surface area (Å²) in [5, 5.41) is 0. The fourth-order valence-electron chi connectivity index (χ4n) is 7.04. The zero-order valence-electron chi connectivity index (χ0n) is 30.5. The van der Waals surface area contributed by atoms with E-state index in [1.165, 1.54) is 19.3 Å². The number of rotatable bonds is 10. The fraction of sp³-hybridized carbons (Fsp3) is 0.333. The molecule has 0 saturated carbocycles. The van der Waals surface area contributed by atoms with Crippen LogP contribution in [0.4, 0.5) is 87.8 Å². The third-order valence-electron chi connectivity index (χ3n) is 10.3. The Bertz CT molecular complexity index is 1820. The number of hydrogen-bond donors (Lipinski definition) is 1. The highest BCUT2D eigenvalue weighted by molar-refractivity contribution is 7.20. The summed E-state index contributed by atoms with van der Waals surface area (Å²) in [4.78, 5) is 1.80. The van der Waals surface area contributed by atoms with Crippen molar-refractivity contribution in [3.05, 3.63) is 116 Å². The molecular formula is C36H28BF20N. The molecule has 4 rings (SSSR count). The van der Waals surface area contributed by atoms with Gasteiger partial charge in [0.1, 0.15) is 52.7 Å². The summed E-state index contributed by atoms with van der Waals surface area (Å²) >= 11 is 0. The number of benzene rings is 4. The largest absolute Gasteiger partial charge is 0.328 e. The van der Waals surface area contributed by atoms with Gasteiger partial charge in [-0.15, -0.1) is 21.9 Å². The van der Waals surface area contributed by atoms with Gasteiger partial charge in [-0.05, 0) is 40.0 Å². The molecule has 0 radical (unpaired) electrons. The molecule has 58 heavy (non-hydrogen) atoms. The first kappa shape index (κ1) is 47.9. The quantitative estimate of drug-likeness (QED) is 0.0712. The van der Waals surface area contributed by atoms with E-state index < -0.39 is 144 Å². The zero-order valence-corrected chi connectivity index (χ0v) is 30.5. The van der Waals surface area contributed by atoms with E-state index in [0.29, 0.717) is 0 Å². The fourth-order valence-corrected chi connectivity index (χ4v) is 7.04. The van der Waals surface area contributed by atoms with Crippen molar-refractivity contribution in [1.82, 2.24) is 0 Å². The Kier molecular flexibility index (Phi) is 14.7. The minimum absolute atomic E-state index is 0.810. The van der Waals surface area contributed by atoms with Gasteiger partial charge in [-0.25, -0.2) is 87.8 Å². The lowest BCUT2D eigenvalue weighted by Crippen LogP contribution is -3.21. The van der Waals surface area contributed by atoms with Crippen molar-refractivity contribution in [2.24, 2.45) is 0 Å². The summed E-state index contributed by atoms with van der Waals surface area (Å²) in [7, 11) is 0. The third-order valence-corrected chi connectivity index (χ3v) is 10.3. The molecular weight excluding hydrogens is 837 g/mol. The highest BCUT2D eigenvalue weighted by atomic mass is 19.2. The molecule has 3 unspecified atom stereocenters. The Labute approximate surface area is 316 Å². The number of hydrogen-bond acceptors (Lipinski definition) is 0. The molecule has 0 aliphatic carbocycles. The van der Waals surface area contributed by atoms with E-state index in [0.717, 1.165) is 18.1 Å². The van der Waals surface area contributed by atoms with E-state index in [-0.39, 0.29) is 0 Å². The molecule has 3 atom stereocenters. The average Bonchev–Trinajstić information content (AvgIpc) is 3.20. The summed E-state index contributed by atoms with van der Waals surface area (Å²) in [5.41, 5.74) is -14.3. The van der Waals surface area contributed by atoms with E-state index in [4.69, 9.17) is 0 Å². The maximum atomic E-state index is 15.4. The van der Waals surface area contributed by atoms with Crippen molar-refractivity contribution in [1.29, 1.82) is 0 Å². The molecule has 0 aliphatic heterocycles. The summed E-state index contributed by atoms with van der Waals surface area (Å²) in [6.07, 6.45) is -3.33. The van der Waals surface area contributed by atoms with Gasteiger partial charge in [-0.2, -0.15) is 0 Å². The van der Waals surface area contributed by atoms with Crippen molar-refractivity contribution in [3.8, 4) is 0 Å². The van der Waals surface area contributed by atoms with Gasteiger partial charge in [0.2, 0.25) is 0 Å². The normalized spacial score (nSPS) is 14.0. The van der Waals surface area contributed by atoms with Crippen LogP contribution >= 0.6 is 0 Å². The Morgan fingerprint density at radius 2 is 0.397 bits per heavy atom. The Morgan fingerprint density at radius 1 is 0.276 bits per heavy atom. The molecule has 0 saturated heterocycles. The van der Waals surface area contributed by atoms with Crippen LogP contribution in [0, 0.1) is 116 Å². The summed E-state index contributed by atoms with van der Waals surface area (Å²) in [5.74, 6) is -71.4. The van der Waals surface area contributed by atoms with Crippen LogP contribution in [0.2, 0.25) is 0 Å². The number of nitrogens with one attached hydrogen (secondary N) is 1. The molecule has 0 amide bonds. The molecule has 4 aromatic carbocycles. The molecule has 1 nitrogen and oxygen atoms in total. The molecule has 0 spiro atoms. The van der Waals surface area contributed by atoms with Gasteiger partial charge in [-0.3, -0.25) is 0 Å². The molecule has 0 bridgehead atoms. The maximum Gasteiger partial charge on any atom is 0.200 e. The first-order chi connectivity index (χ1) is 26.8. The van der Waals surface area contributed by atoms with Gasteiger partial charge < -0.3 is 4.90 Å². The van der Waals surface area contributed by atoms with Crippen LogP contribution in [0.15, 0.2) is 0 Å². The zero-order chi connectivity index (χ0) is 44.8. The molecule has 1 N–H and O–H groups in total. The lowest BCUT2D eigenvalue weighted by atomic mass is 9.12. The summed E-state index contributed by atoms with van der Waals surface area (Å²) < 4.78 is 294. The lowest BCUT2D eigenvalue weighted by Gasteiger charge is -2.44. The topological polar surface area (TPSA) is 4.44 Å². The van der Waals surface area contributed by atoms with Crippen molar-refractivity contribution in [2.75, 3.05) is 0 Å². The van der Waals surface area contributed by atoms with Gasteiger partial charge in [-0.1, -0.05) is 20.8 Å². The van der Waals surface area contributed by atoms with Crippen LogP contribution in [-0.2, 0) is 0 Å². The molecule has 4 aromatic rings. The number of halogens is 20. The summed E-state index contributed by atoms with van der Waals surface area (Å²) in [6, 6.07) is 2.43. The minimum Gasteiger partial charge on any atom is -0.328 e. The molecule has 0 aromatic heterocycles. The highest BCUT2D eigenvalue weighted by Crippen LogP contribution is 2.30. The van der Waals surface area contributed by atoms with Gasteiger partial charge in [0.25, 0.3) is 0 Å².